The maximum absolute atomic E-state index is 9.82. The molecule has 0 saturated heterocycles. The Bertz CT molecular complexity index is 273. The molecule has 0 aliphatic heterocycles. The van der Waals surface area contributed by atoms with Gasteiger partial charge in [0.2, 0.25) is 0 Å². The fourth-order valence-corrected chi connectivity index (χ4v) is 0.516. The maximum atomic E-state index is 9.82. The van der Waals surface area contributed by atoms with Crippen molar-refractivity contribution in [3.8, 4) is 0 Å². The van der Waals surface area contributed by atoms with Gasteiger partial charge in [0.1, 0.15) is 0 Å². The molecule has 0 unspecified atom stereocenters. The van der Waals surface area contributed by atoms with E-state index >= 15 is 0 Å². The smallest absolute Gasteiger partial charge is 0.302 e. The molecule has 0 aliphatic rings. The number of nitrogens with zero attached hydrogens (tertiary/aromatic N) is 1. The minimum absolute atomic E-state index is 0. The molecule has 124 valence electrons. The van der Waals surface area contributed by atoms with Gasteiger partial charge >= 0.3 is 5.97 Å². The largest absolute Gasteiger partial charge is 0.481 e. The molecule has 1 rings (SSSR count). The van der Waals surface area contributed by atoms with Crippen LogP contribution >= 0.6 is 0 Å². The van der Waals surface area contributed by atoms with E-state index in [9.17, 15) is 4.79 Å². The van der Waals surface area contributed by atoms with Crippen LogP contribution in [0.2, 0.25) is 0 Å². The third-order valence-corrected chi connectivity index (χ3v) is 1.14. The zero-order valence-corrected chi connectivity index (χ0v) is 13.1. The number of rotatable bonds is 2. The first-order valence-electron chi connectivity index (χ1n) is 6.20. The summed E-state index contributed by atoms with van der Waals surface area (Å²) < 4.78 is 4.40. The van der Waals surface area contributed by atoms with Crippen LogP contribution in [0.3, 0.4) is 0 Å². The molecule has 0 bridgehead atoms. The van der Waals surface area contributed by atoms with Gasteiger partial charge in [0.25, 0.3) is 5.97 Å². The van der Waals surface area contributed by atoms with Gasteiger partial charge in [-0.1, -0.05) is 13.0 Å². The van der Waals surface area contributed by atoms with Crippen LogP contribution < -0.4 is 0 Å². The second kappa shape index (κ2) is 26.5. The quantitative estimate of drug-likeness (QED) is 0.792. The van der Waals surface area contributed by atoms with Gasteiger partial charge in [0, 0.05) is 32.8 Å². The van der Waals surface area contributed by atoms with Gasteiger partial charge in [-0.25, -0.2) is 0 Å². The summed E-state index contributed by atoms with van der Waals surface area (Å²) >= 11 is 0. The third kappa shape index (κ3) is 72.0. The topological polar surface area (TPSA) is 128 Å². The molecule has 0 atom stereocenters. The number of esters is 1. The first-order valence-corrected chi connectivity index (χ1v) is 6.20. The number of aliphatic hydroxyl groups is 1. The summed E-state index contributed by atoms with van der Waals surface area (Å²) in [7, 11) is 0. The lowest BCUT2D eigenvalue weighted by atomic mass is 10.5. The van der Waals surface area contributed by atoms with E-state index in [4.69, 9.17) is 15.0 Å². The van der Waals surface area contributed by atoms with Gasteiger partial charge in [-0.3, -0.25) is 14.6 Å². The predicted molar refractivity (Wildman–Crippen MR) is 80.8 cm³/mol. The van der Waals surface area contributed by atoms with Gasteiger partial charge in [-0.15, -0.1) is 0 Å². The fourth-order valence-electron chi connectivity index (χ4n) is 0.516. The van der Waals surface area contributed by atoms with Crippen molar-refractivity contribution in [3.63, 3.8) is 0 Å². The average Bonchev–Trinajstić information content (AvgIpc) is 2.41. The Balaban J connectivity index is -0.0000000923. The van der Waals surface area contributed by atoms with Gasteiger partial charge < -0.3 is 20.4 Å². The molecule has 7 nitrogen and oxygen atoms in total. The van der Waals surface area contributed by atoms with Crippen molar-refractivity contribution in [2.75, 3.05) is 13.2 Å². The Labute approximate surface area is 125 Å². The maximum Gasteiger partial charge on any atom is 0.302 e. The molecule has 0 saturated carbocycles. The highest BCUT2D eigenvalue weighted by Crippen LogP contribution is 1.73. The van der Waals surface area contributed by atoms with Gasteiger partial charge in [0.05, 0.1) is 6.61 Å². The summed E-state index contributed by atoms with van der Waals surface area (Å²) in [5, 5.41) is 15.3. The molecular weight excluding hydrogens is 278 g/mol. The van der Waals surface area contributed by atoms with Crippen molar-refractivity contribution in [1.82, 2.24) is 4.98 Å². The standard InChI is InChI=1S/C5H5N.C4H8O2.C3H8O.C2H4O2.H2O/c1-2-4-6-5-3-1;1-3-6-4(2)5;1-2-3-4;1-2(3)4;/h1-5H;3H2,1-2H3;4H,2-3H2,1H3;1H3,(H,3,4);1H2. The number of carboxylic acid groups (broad SMARTS) is 1. The van der Waals surface area contributed by atoms with Crippen LogP contribution in [0.15, 0.2) is 30.6 Å². The number of aliphatic carboxylic acids is 1. The van der Waals surface area contributed by atoms with E-state index in [1.165, 1.54) is 6.92 Å². The average molecular weight is 305 g/mol. The first kappa shape index (κ1) is 27.4. The van der Waals surface area contributed by atoms with Crippen LogP contribution in [0.1, 0.15) is 34.1 Å². The second-order valence-electron chi connectivity index (χ2n) is 3.19. The lowest BCUT2D eigenvalue weighted by Gasteiger charge is -1.89. The normalized spacial score (nSPS) is 7.10. The Hall–Kier alpha value is -1.99. The molecule has 1 aromatic heterocycles. The number of hydrogen-bond acceptors (Lipinski definition) is 5. The number of carboxylic acids is 1. The monoisotopic (exact) mass is 305 g/mol. The van der Waals surface area contributed by atoms with Gasteiger partial charge in [-0.05, 0) is 25.5 Å². The highest BCUT2D eigenvalue weighted by molar-refractivity contribution is 5.65. The molecule has 7 heteroatoms. The van der Waals surface area contributed by atoms with Crippen molar-refractivity contribution in [2.45, 2.75) is 34.1 Å². The van der Waals surface area contributed by atoms with E-state index in [1.54, 1.807) is 19.3 Å². The molecule has 0 amide bonds. The molecule has 1 heterocycles. The number of pyridine rings is 1. The zero-order valence-electron chi connectivity index (χ0n) is 13.1. The summed E-state index contributed by atoms with van der Waals surface area (Å²) in [6.45, 7) is 6.99. The number of aliphatic hydroxyl groups excluding tert-OH is 1. The SMILES string of the molecule is CC(=O)O.CCCO.CCOC(C)=O.O.c1ccncc1. The zero-order chi connectivity index (χ0) is 16.2. The van der Waals surface area contributed by atoms with E-state index in [2.05, 4.69) is 9.72 Å². The molecule has 21 heavy (non-hydrogen) atoms. The summed E-state index contributed by atoms with van der Waals surface area (Å²) in [6, 6.07) is 5.72. The fraction of sp³-hybridized carbons (Fsp3) is 0.500. The molecule has 4 N–H and O–H groups in total. The number of carbonyl (C=O) groups is 2. The Morgan fingerprint density at radius 2 is 1.48 bits per heavy atom. The summed E-state index contributed by atoms with van der Waals surface area (Å²) in [5.74, 6) is -1.04. The summed E-state index contributed by atoms with van der Waals surface area (Å²) in [6.07, 6.45) is 4.38. The molecular formula is C14H27NO6. The minimum Gasteiger partial charge on any atom is -0.481 e. The highest BCUT2D eigenvalue weighted by Gasteiger charge is 1.81. The van der Waals surface area contributed by atoms with Gasteiger partial charge in [-0.2, -0.15) is 0 Å². The number of carbonyl (C=O) groups excluding carboxylic acids is 1. The van der Waals surface area contributed by atoms with Crippen molar-refractivity contribution in [2.24, 2.45) is 0 Å². The molecule has 0 fully saturated rings. The summed E-state index contributed by atoms with van der Waals surface area (Å²) in [4.78, 5) is 22.6. The van der Waals surface area contributed by atoms with E-state index in [-0.39, 0.29) is 11.4 Å². The molecule has 0 aromatic carbocycles. The first-order chi connectivity index (χ1) is 9.42. The molecule has 0 radical (unpaired) electrons. The number of aromatic nitrogens is 1. The predicted octanol–water partition coefficient (Wildman–Crippen LogP) is 1.31. The highest BCUT2D eigenvalue weighted by atomic mass is 16.5. The van der Waals surface area contributed by atoms with Crippen molar-refractivity contribution in [3.05, 3.63) is 30.6 Å². The molecule has 1 aromatic rings. The Morgan fingerprint density at radius 1 is 1.10 bits per heavy atom. The van der Waals surface area contributed by atoms with Crippen LogP contribution in [-0.2, 0) is 14.3 Å². The van der Waals surface area contributed by atoms with Crippen molar-refractivity contribution in [1.29, 1.82) is 0 Å². The van der Waals surface area contributed by atoms with E-state index < -0.39 is 5.97 Å². The minimum atomic E-state index is -0.833. The van der Waals surface area contributed by atoms with Crippen LogP contribution in [0, 0.1) is 0 Å². The third-order valence-electron chi connectivity index (χ3n) is 1.14. The van der Waals surface area contributed by atoms with Crippen LogP contribution in [-0.4, -0.2) is 45.8 Å². The Kier molecular flexibility index (Phi) is 34.6. The van der Waals surface area contributed by atoms with Crippen LogP contribution in [0.4, 0.5) is 0 Å². The number of ether oxygens (including phenoxy) is 1. The van der Waals surface area contributed by atoms with E-state index in [0.717, 1.165) is 13.3 Å². The van der Waals surface area contributed by atoms with Crippen molar-refractivity contribution < 1.29 is 30.0 Å². The second-order valence-corrected chi connectivity index (χ2v) is 3.19. The number of hydrogen-bond donors (Lipinski definition) is 2. The lowest BCUT2D eigenvalue weighted by molar-refractivity contribution is -0.140. The lowest BCUT2D eigenvalue weighted by Crippen LogP contribution is -1.95. The summed E-state index contributed by atoms with van der Waals surface area (Å²) in [5.41, 5.74) is 0. The molecule has 0 aliphatic carbocycles. The van der Waals surface area contributed by atoms with Gasteiger partial charge in [0.15, 0.2) is 0 Å². The van der Waals surface area contributed by atoms with Crippen LogP contribution in [0.5, 0.6) is 0 Å². The van der Waals surface area contributed by atoms with Crippen LogP contribution in [0.25, 0.3) is 0 Å². The van der Waals surface area contributed by atoms with Crippen molar-refractivity contribution >= 4 is 11.9 Å². The van der Waals surface area contributed by atoms with E-state index in [1.807, 2.05) is 25.1 Å². The Morgan fingerprint density at radius 3 is 1.52 bits per heavy atom. The molecule has 0 spiro atoms. The van der Waals surface area contributed by atoms with E-state index in [0.29, 0.717) is 13.2 Å².